The molecular formula is C20H22N2O4S. The van der Waals surface area contributed by atoms with Gasteiger partial charge in [0, 0.05) is 24.8 Å². The van der Waals surface area contributed by atoms with Gasteiger partial charge >= 0.3 is 0 Å². The molecule has 2 aromatic rings. The number of hydrogen-bond acceptors (Lipinski definition) is 4. The normalized spacial score (nSPS) is 20.1. The molecule has 2 heterocycles. The number of rotatable bonds is 4. The highest BCUT2D eigenvalue weighted by molar-refractivity contribution is 7.89. The lowest BCUT2D eigenvalue weighted by molar-refractivity contribution is -0.117. The summed E-state index contributed by atoms with van der Waals surface area (Å²) in [5.74, 6) is 0.679. The van der Waals surface area contributed by atoms with Gasteiger partial charge in [0.05, 0.1) is 24.5 Å². The van der Waals surface area contributed by atoms with Crippen LogP contribution in [0.4, 0.5) is 5.69 Å². The van der Waals surface area contributed by atoms with Crippen molar-refractivity contribution in [1.29, 1.82) is 0 Å². The molecule has 1 saturated heterocycles. The molecule has 6 nitrogen and oxygen atoms in total. The van der Waals surface area contributed by atoms with Crippen LogP contribution in [0.2, 0.25) is 0 Å². The largest absolute Gasteiger partial charge is 0.496 e. The highest BCUT2D eigenvalue weighted by Crippen LogP contribution is 2.41. The Balaban J connectivity index is 1.72. The van der Waals surface area contributed by atoms with E-state index in [9.17, 15) is 13.2 Å². The van der Waals surface area contributed by atoms with Crippen LogP contribution in [0.15, 0.2) is 47.4 Å². The summed E-state index contributed by atoms with van der Waals surface area (Å²) in [5, 5.41) is 0. The molecule has 0 N–H and O–H groups in total. The first kappa shape index (κ1) is 18.0. The van der Waals surface area contributed by atoms with Crippen LogP contribution in [0.3, 0.4) is 0 Å². The smallest absolute Gasteiger partial charge is 0.243 e. The molecule has 2 aromatic carbocycles. The van der Waals surface area contributed by atoms with E-state index in [1.165, 1.54) is 0 Å². The molecule has 1 atom stereocenters. The van der Waals surface area contributed by atoms with E-state index >= 15 is 0 Å². The number of carbonyl (C=O) groups excluding carboxylic acids is 1. The van der Waals surface area contributed by atoms with E-state index in [1.54, 1.807) is 41.6 Å². The first-order valence-corrected chi connectivity index (χ1v) is 10.4. The zero-order valence-electron chi connectivity index (χ0n) is 15.4. The van der Waals surface area contributed by atoms with Gasteiger partial charge in [0.15, 0.2) is 0 Å². The molecule has 1 amide bonds. The fourth-order valence-electron chi connectivity index (χ4n) is 4.02. The van der Waals surface area contributed by atoms with E-state index in [0.29, 0.717) is 12.3 Å². The number of anilines is 1. The summed E-state index contributed by atoms with van der Waals surface area (Å²) in [7, 11) is -0.363. The van der Waals surface area contributed by atoms with Gasteiger partial charge in [-0.2, -0.15) is 4.31 Å². The van der Waals surface area contributed by atoms with E-state index in [2.05, 4.69) is 0 Å². The van der Waals surface area contributed by atoms with Gasteiger partial charge < -0.3 is 9.64 Å². The number of nitrogens with zero attached hydrogens (tertiary/aromatic N) is 2. The molecule has 0 spiro atoms. The Bertz CT molecular complexity index is 1000. The lowest BCUT2D eigenvalue weighted by atomic mass is 10.0. The Labute approximate surface area is 159 Å². The predicted octanol–water partition coefficient (Wildman–Crippen LogP) is 2.74. The third-order valence-corrected chi connectivity index (χ3v) is 7.34. The maximum atomic E-state index is 13.4. The van der Waals surface area contributed by atoms with Crippen LogP contribution in [-0.4, -0.2) is 39.3 Å². The van der Waals surface area contributed by atoms with E-state index in [0.717, 1.165) is 29.7 Å². The second-order valence-electron chi connectivity index (χ2n) is 6.94. The molecule has 1 fully saturated rings. The molecule has 0 aromatic heterocycles. The summed E-state index contributed by atoms with van der Waals surface area (Å²) in [6, 6.07) is 12.3. The van der Waals surface area contributed by atoms with Crippen molar-refractivity contribution in [2.45, 2.75) is 30.2 Å². The van der Waals surface area contributed by atoms with Gasteiger partial charge in [0.1, 0.15) is 5.75 Å². The average molecular weight is 386 g/mol. The van der Waals surface area contributed by atoms with Gasteiger partial charge in [-0.15, -0.1) is 0 Å². The molecule has 0 radical (unpaired) electrons. The highest BCUT2D eigenvalue weighted by atomic mass is 32.2. The molecule has 2 aliphatic heterocycles. The van der Waals surface area contributed by atoms with Crippen LogP contribution in [-0.2, 0) is 21.2 Å². The number of ether oxygens (including phenoxy) is 1. The minimum atomic E-state index is -3.67. The van der Waals surface area contributed by atoms with Crippen molar-refractivity contribution in [2.24, 2.45) is 0 Å². The van der Waals surface area contributed by atoms with Crippen LogP contribution in [0, 0.1) is 0 Å². The molecule has 27 heavy (non-hydrogen) atoms. The van der Waals surface area contributed by atoms with E-state index < -0.39 is 10.0 Å². The molecule has 4 rings (SSSR count). The monoisotopic (exact) mass is 386 g/mol. The molecule has 1 unspecified atom stereocenters. The summed E-state index contributed by atoms with van der Waals surface area (Å²) >= 11 is 0. The van der Waals surface area contributed by atoms with Gasteiger partial charge in [-0.1, -0.05) is 18.2 Å². The Morgan fingerprint density at radius 2 is 1.93 bits per heavy atom. The Morgan fingerprint density at radius 1 is 1.15 bits per heavy atom. The van der Waals surface area contributed by atoms with E-state index in [1.807, 2.05) is 24.3 Å². The first-order chi connectivity index (χ1) is 12.9. The van der Waals surface area contributed by atoms with E-state index in [4.69, 9.17) is 4.74 Å². The van der Waals surface area contributed by atoms with Gasteiger partial charge in [-0.05, 0) is 42.7 Å². The van der Waals surface area contributed by atoms with Crippen LogP contribution in [0.25, 0.3) is 0 Å². The predicted molar refractivity (Wildman–Crippen MR) is 102 cm³/mol. The third kappa shape index (κ3) is 2.91. The van der Waals surface area contributed by atoms with Gasteiger partial charge in [0.25, 0.3) is 0 Å². The van der Waals surface area contributed by atoms with E-state index in [-0.39, 0.29) is 23.3 Å². The second-order valence-corrected chi connectivity index (χ2v) is 8.83. The zero-order valence-corrected chi connectivity index (χ0v) is 16.2. The van der Waals surface area contributed by atoms with Gasteiger partial charge in [0.2, 0.25) is 15.9 Å². The van der Waals surface area contributed by atoms with Crippen LogP contribution >= 0.6 is 0 Å². The number of methoxy groups -OCH3 is 1. The van der Waals surface area contributed by atoms with Crippen molar-refractivity contribution in [3.05, 3.63) is 53.6 Å². The minimum absolute atomic E-state index is 0.0207. The molecule has 7 heteroatoms. The molecule has 0 bridgehead atoms. The van der Waals surface area contributed by atoms with Gasteiger partial charge in [-0.25, -0.2) is 8.42 Å². The standard InChI is InChI=1S/C20H22N2O4S/c1-21-17-10-9-15(12-14(17)13-20(21)23)27(24,25)22-11-5-7-18(22)16-6-3-4-8-19(16)26-2/h3-4,6,8-10,12,18H,5,7,11,13H2,1-2H3. The zero-order chi connectivity index (χ0) is 19.2. The lowest BCUT2D eigenvalue weighted by Gasteiger charge is -2.26. The quantitative estimate of drug-likeness (QED) is 0.810. The molecule has 2 aliphatic rings. The summed E-state index contributed by atoms with van der Waals surface area (Å²) in [5.41, 5.74) is 2.43. The third-order valence-electron chi connectivity index (χ3n) is 5.44. The van der Waals surface area contributed by atoms with Crippen LogP contribution in [0.1, 0.15) is 30.0 Å². The van der Waals surface area contributed by atoms with Crippen LogP contribution < -0.4 is 9.64 Å². The Kier molecular flexibility index (Phi) is 4.44. The summed E-state index contributed by atoms with van der Waals surface area (Å²) in [6.07, 6.45) is 1.80. The Morgan fingerprint density at radius 3 is 2.70 bits per heavy atom. The maximum absolute atomic E-state index is 13.4. The summed E-state index contributed by atoms with van der Waals surface area (Å²) < 4.78 is 33.7. The molecular weight excluding hydrogens is 364 g/mol. The number of fused-ring (bicyclic) bond motifs is 1. The number of amides is 1. The van der Waals surface area contributed by atoms with Crippen molar-refractivity contribution in [1.82, 2.24) is 4.31 Å². The number of carbonyl (C=O) groups is 1. The fourth-order valence-corrected chi connectivity index (χ4v) is 5.75. The molecule has 0 saturated carbocycles. The second kappa shape index (κ2) is 6.65. The topological polar surface area (TPSA) is 66.9 Å². The SMILES string of the molecule is COc1ccccc1C1CCCN1S(=O)(=O)c1ccc2c(c1)CC(=O)N2C. The van der Waals surface area contributed by atoms with Crippen molar-refractivity contribution in [3.63, 3.8) is 0 Å². The lowest BCUT2D eigenvalue weighted by Crippen LogP contribution is -2.31. The fraction of sp³-hybridized carbons (Fsp3) is 0.350. The Hall–Kier alpha value is -2.38. The first-order valence-electron chi connectivity index (χ1n) is 8.97. The number of likely N-dealkylation sites (N-methyl/N-ethyl adjacent to an activating group) is 1. The highest BCUT2D eigenvalue weighted by Gasteiger charge is 2.38. The van der Waals surface area contributed by atoms with Crippen molar-refractivity contribution < 1.29 is 17.9 Å². The molecule has 0 aliphatic carbocycles. The van der Waals surface area contributed by atoms with Crippen molar-refractivity contribution >= 4 is 21.6 Å². The van der Waals surface area contributed by atoms with Crippen molar-refractivity contribution in [2.75, 3.05) is 25.6 Å². The summed E-state index contributed by atoms with van der Waals surface area (Å²) in [4.78, 5) is 13.7. The van der Waals surface area contributed by atoms with Gasteiger partial charge in [-0.3, -0.25) is 4.79 Å². The van der Waals surface area contributed by atoms with Crippen LogP contribution in [0.5, 0.6) is 5.75 Å². The maximum Gasteiger partial charge on any atom is 0.243 e. The number of benzene rings is 2. The number of para-hydroxylation sites is 1. The minimum Gasteiger partial charge on any atom is -0.496 e. The summed E-state index contributed by atoms with van der Waals surface area (Å²) in [6.45, 7) is 0.473. The molecule has 142 valence electrons. The number of sulfonamides is 1. The average Bonchev–Trinajstić information content (AvgIpc) is 3.27. The number of hydrogen-bond donors (Lipinski definition) is 0. The van der Waals surface area contributed by atoms with Crippen molar-refractivity contribution in [3.8, 4) is 5.75 Å².